The third-order valence-corrected chi connectivity index (χ3v) is 19.5. The highest BCUT2D eigenvalue weighted by molar-refractivity contribution is 5.96. The molecule has 0 fully saturated rings. The number of ether oxygens (including phenoxy) is 8. The SMILES string of the molecule is CC(C)CC1c2cc(c(OC(=O)c3ccccc3)nc2OC(=O)c2ccccc2)C(CC(C)C)c2cc(c(OC(=O)c3ccccc3)nc2OC(=O)c2ccccc2)C(CC(C)C)c2cc(c(OC(=O)c3ccccc3)nc2OC(=O)c2ccccc2)C(CC(C)C)c2cc1c(OC(=O)c1ccccc1)nc2OC(=O)c1ccccc1. The molecule has 0 unspecified atom stereocenters. The monoisotopic (exact) mass is 1550 g/mol. The standard InChI is InChI=1S/C96H84N4O16/c1-57(2)49-69-73-53-75(83(111-91(103)63-37-21-11-22-38-63)97-81(73)109-89(101)61-33-17-9-18-34-61)70(50-58(3)4)77-55-79(87(115-95(107)67-45-29-15-30-46-67)99-85(77)113-93(105)65-41-25-13-26-42-65)72(52-60(7)8)80-56-78(86(114-94(106)66-43-27-14-28-44-66)100-88(80)116-96(108)68-47-31-16-32-48-68)71(51-59(5)6)76-54-74(69)82(110-90(102)62-35-19-10-20-36-62)98-84(76)112-92(104)64-39-23-12-24-40-64/h9-48,53-60,69-72H,49-52H2,1-8H3. The third kappa shape index (κ3) is 19.2. The summed E-state index contributed by atoms with van der Waals surface area (Å²) >= 11 is 0. The van der Waals surface area contributed by atoms with Crippen molar-refractivity contribution in [2.75, 3.05) is 0 Å². The molecule has 0 saturated carbocycles. The van der Waals surface area contributed by atoms with E-state index in [0.717, 1.165) is 0 Å². The Morgan fingerprint density at radius 2 is 0.319 bits per heavy atom. The zero-order valence-electron chi connectivity index (χ0n) is 65.2. The number of pyridine rings is 4. The molecular formula is C96H84N4O16. The fraction of sp³-hybridized carbons (Fsp3) is 0.208. The van der Waals surface area contributed by atoms with Gasteiger partial charge >= 0.3 is 47.8 Å². The summed E-state index contributed by atoms with van der Waals surface area (Å²) in [6.45, 7) is 15.6. The van der Waals surface area contributed by atoms with Crippen LogP contribution in [0, 0.1) is 23.7 Å². The van der Waals surface area contributed by atoms with Crippen LogP contribution in [0.2, 0.25) is 0 Å². The molecule has 8 aromatic carbocycles. The largest absolute Gasteiger partial charge is 0.403 e. The van der Waals surface area contributed by atoms with E-state index < -0.39 is 71.4 Å². The number of esters is 8. The summed E-state index contributed by atoms with van der Waals surface area (Å²) in [5.74, 6) is -16.2. The molecule has 0 amide bonds. The zero-order chi connectivity index (χ0) is 81.5. The number of carbonyl (C=O) groups is 8. The van der Waals surface area contributed by atoms with E-state index in [1.54, 1.807) is 267 Å². The molecule has 0 N–H and O–H groups in total. The maximum absolute atomic E-state index is 15.2. The first-order chi connectivity index (χ1) is 56.1. The van der Waals surface area contributed by atoms with Gasteiger partial charge in [-0.25, -0.2) is 38.4 Å². The molecule has 0 saturated heterocycles. The van der Waals surface area contributed by atoms with Gasteiger partial charge in [-0.3, -0.25) is 0 Å². The molecule has 20 nitrogen and oxygen atoms in total. The Kier molecular flexibility index (Phi) is 25.4. The summed E-state index contributed by atoms with van der Waals surface area (Å²) in [6.07, 6.45) is 0.338. The molecule has 20 heteroatoms. The van der Waals surface area contributed by atoms with E-state index in [1.807, 2.05) is 55.4 Å². The second kappa shape index (κ2) is 36.7. The summed E-state index contributed by atoms with van der Waals surface area (Å²) in [7, 11) is 0. The molecule has 12 aromatic rings. The molecule has 13 rings (SSSR count). The summed E-state index contributed by atoms with van der Waals surface area (Å²) < 4.78 is 53.3. The van der Waals surface area contributed by atoms with Crippen molar-refractivity contribution in [2.24, 2.45) is 23.7 Å². The van der Waals surface area contributed by atoms with Crippen molar-refractivity contribution in [2.45, 2.75) is 105 Å². The van der Waals surface area contributed by atoms with E-state index in [4.69, 9.17) is 57.8 Å². The van der Waals surface area contributed by atoms with E-state index in [2.05, 4.69) is 0 Å². The highest BCUT2D eigenvalue weighted by atomic mass is 16.6. The Labute approximate surface area is 671 Å². The van der Waals surface area contributed by atoms with Gasteiger partial charge in [0, 0.05) is 68.2 Å². The zero-order valence-corrected chi connectivity index (χ0v) is 65.2. The molecule has 1 aliphatic carbocycles. The van der Waals surface area contributed by atoms with Crippen molar-refractivity contribution >= 4 is 47.8 Å². The van der Waals surface area contributed by atoms with Crippen molar-refractivity contribution in [3.63, 3.8) is 0 Å². The lowest BCUT2D eigenvalue weighted by molar-refractivity contribution is 0.0694. The molecule has 0 atom stereocenters. The van der Waals surface area contributed by atoms with Gasteiger partial charge in [0.1, 0.15) is 0 Å². The van der Waals surface area contributed by atoms with Crippen LogP contribution in [0.25, 0.3) is 0 Å². The van der Waals surface area contributed by atoms with Crippen molar-refractivity contribution < 1.29 is 76.3 Å². The summed E-state index contributed by atoms with van der Waals surface area (Å²) in [6, 6.07) is 72.2. The van der Waals surface area contributed by atoms with Crippen LogP contribution in [-0.4, -0.2) is 67.7 Å². The lowest BCUT2D eigenvalue weighted by Gasteiger charge is -2.31. The average Bonchev–Trinajstić information content (AvgIpc) is 0.740. The summed E-state index contributed by atoms with van der Waals surface area (Å²) in [4.78, 5) is 143. The maximum atomic E-state index is 15.2. The number of carbonyl (C=O) groups excluding carboxylic acids is 8. The maximum Gasteiger partial charge on any atom is 0.344 e. The molecule has 8 bridgehead atoms. The number of nitrogens with zero attached hydrogens (tertiary/aromatic N) is 4. The molecular weight excluding hydrogens is 1470 g/mol. The van der Waals surface area contributed by atoms with E-state index in [-0.39, 0.29) is 185 Å². The number of rotatable bonds is 24. The smallest absolute Gasteiger partial charge is 0.344 e. The van der Waals surface area contributed by atoms with E-state index in [0.29, 0.717) is 0 Å². The molecule has 4 aromatic heterocycles. The molecule has 0 spiro atoms. The van der Waals surface area contributed by atoms with Crippen molar-refractivity contribution in [1.29, 1.82) is 0 Å². The Bertz CT molecular complexity index is 4560. The topological polar surface area (TPSA) is 262 Å². The van der Waals surface area contributed by atoms with E-state index >= 15 is 38.4 Å². The van der Waals surface area contributed by atoms with Crippen LogP contribution in [0.3, 0.4) is 0 Å². The van der Waals surface area contributed by atoms with Gasteiger partial charge in [0.2, 0.25) is 47.0 Å². The average molecular weight is 1550 g/mol. The Hall–Kier alpha value is -13.9. The minimum Gasteiger partial charge on any atom is -0.403 e. The van der Waals surface area contributed by atoms with Gasteiger partial charge in [-0.15, -0.1) is 0 Å². The second-order valence-electron chi connectivity index (χ2n) is 29.9. The number of hydrogen-bond donors (Lipinski definition) is 0. The first kappa shape index (κ1) is 80.2. The number of fused-ring (bicyclic) bond motifs is 8. The van der Waals surface area contributed by atoms with Crippen molar-refractivity contribution in [3.05, 3.63) is 356 Å². The first-order valence-corrected chi connectivity index (χ1v) is 38.5. The van der Waals surface area contributed by atoms with Gasteiger partial charge < -0.3 is 37.9 Å². The molecule has 116 heavy (non-hydrogen) atoms. The van der Waals surface area contributed by atoms with Crippen LogP contribution in [0.15, 0.2) is 267 Å². The predicted molar refractivity (Wildman–Crippen MR) is 433 cm³/mol. The third-order valence-electron chi connectivity index (χ3n) is 19.5. The molecule has 1 aliphatic rings. The number of hydrogen-bond acceptors (Lipinski definition) is 20. The highest BCUT2D eigenvalue weighted by Crippen LogP contribution is 2.53. The van der Waals surface area contributed by atoms with Gasteiger partial charge in [-0.1, -0.05) is 201 Å². The first-order valence-electron chi connectivity index (χ1n) is 38.5. The minimum atomic E-state index is -1.20. The quantitative estimate of drug-likeness (QED) is 0.0509. The molecule has 0 aliphatic heterocycles. The van der Waals surface area contributed by atoms with Crippen LogP contribution in [-0.2, 0) is 0 Å². The van der Waals surface area contributed by atoms with Crippen LogP contribution in [0.5, 0.6) is 47.0 Å². The summed E-state index contributed by atoms with van der Waals surface area (Å²) in [5, 5.41) is 0. The van der Waals surface area contributed by atoms with Crippen LogP contribution in [0.4, 0.5) is 0 Å². The van der Waals surface area contributed by atoms with Crippen molar-refractivity contribution in [3.8, 4) is 47.0 Å². The fourth-order valence-electron chi connectivity index (χ4n) is 14.0. The van der Waals surface area contributed by atoms with Crippen LogP contribution in [0.1, 0.15) is 232 Å². The fourth-order valence-corrected chi connectivity index (χ4v) is 14.0. The summed E-state index contributed by atoms with van der Waals surface area (Å²) in [5.41, 5.74) is 1.87. The van der Waals surface area contributed by atoms with Gasteiger partial charge in [0.15, 0.2) is 0 Å². The number of aromatic nitrogens is 4. The number of benzene rings is 8. The second-order valence-corrected chi connectivity index (χ2v) is 29.9. The Morgan fingerprint density at radius 1 is 0.207 bits per heavy atom. The van der Waals surface area contributed by atoms with Gasteiger partial charge in [0.05, 0.1) is 44.5 Å². The van der Waals surface area contributed by atoms with E-state index in [1.165, 1.54) is 0 Å². The lowest BCUT2D eigenvalue weighted by atomic mass is 9.77. The van der Waals surface area contributed by atoms with Crippen LogP contribution >= 0.6 is 0 Å². The van der Waals surface area contributed by atoms with Crippen LogP contribution < -0.4 is 37.9 Å². The van der Waals surface area contributed by atoms with Crippen molar-refractivity contribution in [1.82, 2.24) is 19.9 Å². The molecule has 4 heterocycles. The van der Waals surface area contributed by atoms with Gasteiger partial charge in [-0.2, -0.15) is 19.9 Å². The predicted octanol–water partition coefficient (Wildman–Crippen LogP) is 20.0. The minimum absolute atomic E-state index is 0.0845. The van der Waals surface area contributed by atoms with E-state index in [9.17, 15) is 0 Å². The molecule has 0 radical (unpaired) electrons. The normalized spacial score (nSPS) is 14.2. The van der Waals surface area contributed by atoms with Gasteiger partial charge in [0.25, 0.3) is 0 Å². The lowest BCUT2D eigenvalue weighted by Crippen LogP contribution is -2.23. The molecule has 584 valence electrons. The highest BCUT2D eigenvalue weighted by Gasteiger charge is 2.41. The Balaban J connectivity index is 1.25. The Morgan fingerprint density at radius 3 is 0.422 bits per heavy atom. The van der Waals surface area contributed by atoms with Gasteiger partial charge in [-0.05, 0) is 171 Å².